The first-order valence-corrected chi connectivity index (χ1v) is 3.23. The Labute approximate surface area is 61.9 Å². The van der Waals surface area contributed by atoms with Crippen molar-refractivity contribution in [2.24, 2.45) is 0 Å². The van der Waals surface area contributed by atoms with Gasteiger partial charge >= 0.3 is 0 Å². The molecule has 0 spiro atoms. The first-order chi connectivity index (χ1) is 4.72. The lowest BCUT2D eigenvalue weighted by Gasteiger charge is -1.96. The van der Waals surface area contributed by atoms with Gasteiger partial charge in [-0.1, -0.05) is 12.0 Å². The van der Waals surface area contributed by atoms with Crippen LogP contribution in [0.15, 0.2) is 18.2 Å². The van der Waals surface area contributed by atoms with Crippen molar-refractivity contribution in [1.82, 2.24) is 0 Å². The van der Waals surface area contributed by atoms with Crippen molar-refractivity contribution >= 4 is 0 Å². The lowest BCUT2D eigenvalue weighted by atomic mass is 10.1. The maximum Gasteiger partial charge on any atom is 0.0260 e. The third-order valence-corrected chi connectivity index (χ3v) is 1.37. The van der Waals surface area contributed by atoms with Crippen LogP contribution in [-0.4, -0.2) is 0 Å². The second-order valence-electron chi connectivity index (χ2n) is 2.50. The van der Waals surface area contributed by atoms with Gasteiger partial charge in [-0.2, -0.15) is 0 Å². The Hall–Kier alpha value is -1.22. The lowest BCUT2D eigenvalue weighted by molar-refractivity contribution is 1.37. The molecule has 0 N–H and O–H groups in total. The largest absolute Gasteiger partial charge is 0.0563 e. The number of hydrogen-bond donors (Lipinski definition) is 0. The molecule has 1 rings (SSSR count). The molecule has 0 fully saturated rings. The summed E-state index contributed by atoms with van der Waals surface area (Å²) in [7, 11) is 0. The van der Waals surface area contributed by atoms with Crippen LogP contribution in [0.2, 0.25) is 0 Å². The maximum absolute atomic E-state index is 6.89. The molecular weight excluding hydrogens is 120 g/mol. The predicted octanol–water partition coefficient (Wildman–Crippen LogP) is 2.24. The van der Waals surface area contributed by atoms with Gasteiger partial charge in [0.25, 0.3) is 0 Å². The molecule has 0 bridgehead atoms. The van der Waals surface area contributed by atoms with E-state index >= 15 is 0 Å². The number of rotatable bonds is 0. The quantitative estimate of drug-likeness (QED) is 0.471. The molecule has 0 saturated heterocycles. The molecule has 1 aromatic carbocycles. The van der Waals surface area contributed by atoms with Crippen molar-refractivity contribution in [2.45, 2.75) is 13.8 Å². The average Bonchev–Trinajstić information content (AvgIpc) is 1.85. The molecule has 0 aliphatic rings. The Kier molecular flexibility index (Phi) is 1.78. The van der Waals surface area contributed by atoms with E-state index in [0.29, 0.717) is 0 Å². The van der Waals surface area contributed by atoms with Crippen molar-refractivity contribution in [3.8, 4) is 5.92 Å². The molecule has 1 aromatic rings. The van der Waals surface area contributed by atoms with Crippen LogP contribution in [-0.2, 0) is 0 Å². The summed E-state index contributed by atoms with van der Waals surface area (Å²) in [5.41, 5.74) is 3.24. The van der Waals surface area contributed by atoms with Gasteiger partial charge < -0.3 is 0 Å². The standard InChI is InChI=1S/C10H9/c1-4-10-6-8(2)5-9(3)7-10/h5-7H,2-3H3. The van der Waals surface area contributed by atoms with Crippen LogP contribution in [0.1, 0.15) is 16.7 Å². The van der Waals surface area contributed by atoms with E-state index in [0.717, 1.165) is 5.56 Å². The summed E-state index contributed by atoms with van der Waals surface area (Å²) in [6.07, 6.45) is 6.89. The average molecular weight is 129 g/mol. The zero-order chi connectivity index (χ0) is 7.56. The smallest absolute Gasteiger partial charge is 0.0260 e. The zero-order valence-corrected chi connectivity index (χ0v) is 6.23. The van der Waals surface area contributed by atoms with Crippen molar-refractivity contribution in [3.63, 3.8) is 0 Å². The van der Waals surface area contributed by atoms with Crippen molar-refractivity contribution < 1.29 is 0 Å². The molecule has 0 amide bonds. The van der Waals surface area contributed by atoms with E-state index in [1.54, 1.807) is 0 Å². The number of aryl methyl sites for hydroxylation is 2. The topological polar surface area (TPSA) is 0 Å². The second kappa shape index (κ2) is 2.58. The summed E-state index contributed by atoms with van der Waals surface area (Å²) in [4.78, 5) is 0. The third kappa shape index (κ3) is 1.39. The van der Waals surface area contributed by atoms with Gasteiger partial charge in [-0.05, 0) is 43.5 Å². The minimum atomic E-state index is 0.859. The number of hydrogen-bond acceptors (Lipinski definition) is 0. The minimum Gasteiger partial charge on any atom is -0.0563 e. The van der Waals surface area contributed by atoms with Gasteiger partial charge in [0.1, 0.15) is 0 Å². The third-order valence-electron chi connectivity index (χ3n) is 1.37. The Morgan fingerprint density at radius 1 is 1.10 bits per heavy atom. The van der Waals surface area contributed by atoms with Gasteiger partial charge in [0.2, 0.25) is 0 Å². The molecule has 0 heteroatoms. The molecule has 0 aromatic heterocycles. The van der Waals surface area contributed by atoms with Gasteiger partial charge in [0.05, 0.1) is 0 Å². The van der Waals surface area contributed by atoms with Crippen molar-refractivity contribution in [2.75, 3.05) is 0 Å². The van der Waals surface area contributed by atoms with E-state index in [4.69, 9.17) is 6.42 Å². The number of benzene rings is 1. The van der Waals surface area contributed by atoms with Crippen molar-refractivity contribution in [1.29, 1.82) is 0 Å². The van der Waals surface area contributed by atoms with Crippen LogP contribution in [0, 0.1) is 26.2 Å². The van der Waals surface area contributed by atoms with Crippen LogP contribution in [0.4, 0.5) is 0 Å². The molecule has 0 saturated carbocycles. The molecular formula is C10H9. The fourth-order valence-electron chi connectivity index (χ4n) is 1.05. The molecule has 0 atom stereocenters. The highest BCUT2D eigenvalue weighted by molar-refractivity contribution is 5.37. The Bertz CT molecular complexity index is 256. The summed E-state index contributed by atoms with van der Waals surface area (Å²) < 4.78 is 0. The summed E-state index contributed by atoms with van der Waals surface area (Å²) in [5, 5.41) is 0. The van der Waals surface area contributed by atoms with E-state index in [1.165, 1.54) is 11.1 Å². The molecule has 0 aliphatic heterocycles. The van der Waals surface area contributed by atoms with Crippen molar-refractivity contribution in [3.05, 3.63) is 41.3 Å². The second-order valence-corrected chi connectivity index (χ2v) is 2.50. The van der Waals surface area contributed by atoms with Crippen LogP contribution < -0.4 is 0 Å². The van der Waals surface area contributed by atoms with E-state index in [-0.39, 0.29) is 0 Å². The predicted molar refractivity (Wildman–Crippen MR) is 42.1 cm³/mol. The molecule has 1 radical (unpaired) electrons. The SMILES string of the molecule is [C]#Cc1cc(C)cc(C)c1. The lowest BCUT2D eigenvalue weighted by Crippen LogP contribution is -1.79. The van der Waals surface area contributed by atoms with Gasteiger partial charge in [-0.3, -0.25) is 0 Å². The first-order valence-electron chi connectivity index (χ1n) is 3.23. The van der Waals surface area contributed by atoms with Crippen LogP contribution >= 0.6 is 0 Å². The van der Waals surface area contributed by atoms with E-state index in [9.17, 15) is 0 Å². The van der Waals surface area contributed by atoms with E-state index in [2.05, 4.69) is 12.0 Å². The van der Waals surface area contributed by atoms with Crippen LogP contribution in [0.25, 0.3) is 0 Å². The normalized spacial score (nSPS) is 8.90. The first kappa shape index (κ1) is 6.89. The minimum absolute atomic E-state index is 0.859. The Balaban J connectivity index is 3.22. The van der Waals surface area contributed by atoms with Crippen LogP contribution in [0.3, 0.4) is 0 Å². The maximum atomic E-state index is 6.89. The highest BCUT2D eigenvalue weighted by Crippen LogP contribution is 2.06. The summed E-state index contributed by atoms with van der Waals surface area (Å²) in [6.45, 7) is 4.04. The molecule has 0 aliphatic carbocycles. The Morgan fingerprint density at radius 3 is 2.00 bits per heavy atom. The fraction of sp³-hybridized carbons (Fsp3) is 0.200. The molecule has 0 unspecified atom stereocenters. The summed E-state index contributed by atoms with van der Waals surface area (Å²) in [5.74, 6) is 2.36. The van der Waals surface area contributed by atoms with Gasteiger partial charge in [0.15, 0.2) is 0 Å². The van der Waals surface area contributed by atoms with Gasteiger partial charge in [-0.15, -0.1) is 0 Å². The summed E-state index contributed by atoms with van der Waals surface area (Å²) in [6, 6.07) is 5.97. The molecule has 49 valence electrons. The van der Waals surface area contributed by atoms with Gasteiger partial charge in [0, 0.05) is 5.56 Å². The molecule has 10 heavy (non-hydrogen) atoms. The fourth-order valence-corrected chi connectivity index (χ4v) is 1.05. The monoisotopic (exact) mass is 129 g/mol. The highest BCUT2D eigenvalue weighted by atomic mass is 13.9. The summed E-state index contributed by atoms with van der Waals surface area (Å²) >= 11 is 0. The molecule has 0 nitrogen and oxygen atoms in total. The zero-order valence-electron chi connectivity index (χ0n) is 6.23. The van der Waals surface area contributed by atoms with Gasteiger partial charge in [-0.25, -0.2) is 0 Å². The highest BCUT2D eigenvalue weighted by Gasteiger charge is 1.90. The van der Waals surface area contributed by atoms with Crippen LogP contribution in [0.5, 0.6) is 0 Å². The molecule has 0 heterocycles. The van der Waals surface area contributed by atoms with E-state index in [1.807, 2.05) is 26.0 Å². The van der Waals surface area contributed by atoms with E-state index < -0.39 is 0 Å². The Morgan fingerprint density at radius 2 is 1.60 bits per heavy atom.